The summed E-state index contributed by atoms with van der Waals surface area (Å²) in [6.07, 6.45) is 0. The molecule has 0 saturated heterocycles. The van der Waals surface area contributed by atoms with Crippen LogP contribution in [0.3, 0.4) is 0 Å². The first-order valence-electron chi connectivity index (χ1n) is 6.53. The number of aryl methyl sites for hydroxylation is 1. The fraction of sp³-hybridized carbons (Fsp3) is 0.429. The maximum Gasteiger partial charge on any atom is 0.195 e. The molecule has 1 aromatic carbocycles. The van der Waals surface area contributed by atoms with Gasteiger partial charge in [-0.1, -0.05) is 12.1 Å². The van der Waals surface area contributed by atoms with E-state index in [0.717, 1.165) is 30.7 Å². The first-order chi connectivity index (χ1) is 9.70. The van der Waals surface area contributed by atoms with Gasteiger partial charge in [0.05, 0.1) is 6.61 Å². The van der Waals surface area contributed by atoms with Crippen LogP contribution in [0.4, 0.5) is 0 Å². The molecule has 0 fully saturated rings. The Morgan fingerprint density at radius 1 is 1.25 bits per heavy atom. The maximum absolute atomic E-state index is 5.00. The van der Waals surface area contributed by atoms with Gasteiger partial charge in [-0.25, -0.2) is 0 Å². The van der Waals surface area contributed by atoms with Gasteiger partial charge in [-0.15, -0.1) is 10.2 Å². The van der Waals surface area contributed by atoms with Crippen molar-refractivity contribution in [3.05, 3.63) is 35.7 Å². The number of benzene rings is 1. The Kier molecular flexibility index (Phi) is 5.58. The SMILES string of the molecule is COCCNCc1ccc(Sc2nnc(C)n2C)cc1. The molecule has 0 aliphatic rings. The average molecular weight is 292 g/mol. The number of hydrogen-bond donors (Lipinski definition) is 1. The summed E-state index contributed by atoms with van der Waals surface area (Å²) in [5.41, 5.74) is 1.26. The van der Waals surface area contributed by atoms with E-state index in [2.05, 4.69) is 39.8 Å². The Labute approximate surface area is 123 Å². The molecule has 0 saturated carbocycles. The highest BCUT2D eigenvalue weighted by atomic mass is 32.2. The van der Waals surface area contributed by atoms with Gasteiger partial charge < -0.3 is 14.6 Å². The normalized spacial score (nSPS) is 10.9. The van der Waals surface area contributed by atoms with E-state index in [4.69, 9.17) is 4.74 Å². The third-order valence-corrected chi connectivity index (χ3v) is 4.04. The highest BCUT2D eigenvalue weighted by Gasteiger charge is 2.06. The van der Waals surface area contributed by atoms with E-state index in [9.17, 15) is 0 Å². The van der Waals surface area contributed by atoms with Crippen molar-refractivity contribution in [3.63, 3.8) is 0 Å². The van der Waals surface area contributed by atoms with Crippen LogP contribution in [0.15, 0.2) is 34.3 Å². The second kappa shape index (κ2) is 7.42. The Morgan fingerprint density at radius 3 is 2.60 bits per heavy atom. The molecule has 2 aromatic rings. The van der Waals surface area contributed by atoms with Crippen LogP contribution in [0.25, 0.3) is 0 Å². The Balaban J connectivity index is 1.89. The van der Waals surface area contributed by atoms with Crippen molar-refractivity contribution in [1.82, 2.24) is 20.1 Å². The average Bonchev–Trinajstić information content (AvgIpc) is 2.77. The number of hydrogen-bond acceptors (Lipinski definition) is 5. The summed E-state index contributed by atoms with van der Waals surface area (Å²) >= 11 is 1.62. The standard InChI is InChI=1S/C14H20N4OS/c1-11-16-17-14(18(11)2)20-13-6-4-12(5-7-13)10-15-8-9-19-3/h4-7,15H,8-10H2,1-3H3. The predicted molar refractivity (Wildman–Crippen MR) is 79.9 cm³/mol. The third-order valence-electron chi connectivity index (χ3n) is 3.00. The summed E-state index contributed by atoms with van der Waals surface area (Å²) in [4.78, 5) is 1.17. The summed E-state index contributed by atoms with van der Waals surface area (Å²) in [6.45, 7) is 4.41. The van der Waals surface area contributed by atoms with Gasteiger partial charge >= 0.3 is 0 Å². The van der Waals surface area contributed by atoms with Crippen LogP contribution >= 0.6 is 11.8 Å². The molecule has 0 amide bonds. The zero-order valence-electron chi connectivity index (χ0n) is 12.1. The van der Waals surface area contributed by atoms with Crippen molar-refractivity contribution in [2.45, 2.75) is 23.5 Å². The first-order valence-corrected chi connectivity index (χ1v) is 7.35. The fourth-order valence-electron chi connectivity index (χ4n) is 1.66. The quantitative estimate of drug-likeness (QED) is 0.791. The van der Waals surface area contributed by atoms with E-state index in [-0.39, 0.29) is 0 Å². The minimum atomic E-state index is 0.736. The van der Waals surface area contributed by atoms with Crippen molar-refractivity contribution < 1.29 is 4.74 Å². The van der Waals surface area contributed by atoms with E-state index in [0.29, 0.717) is 0 Å². The van der Waals surface area contributed by atoms with Crippen molar-refractivity contribution >= 4 is 11.8 Å². The number of nitrogens with zero attached hydrogens (tertiary/aromatic N) is 3. The molecule has 1 aromatic heterocycles. The minimum Gasteiger partial charge on any atom is -0.383 e. The molecule has 0 atom stereocenters. The van der Waals surface area contributed by atoms with E-state index in [1.54, 1.807) is 18.9 Å². The van der Waals surface area contributed by atoms with Gasteiger partial charge in [-0.2, -0.15) is 0 Å². The lowest BCUT2D eigenvalue weighted by atomic mass is 10.2. The second-order valence-corrected chi connectivity index (χ2v) is 5.55. The van der Waals surface area contributed by atoms with Crippen molar-refractivity contribution in [3.8, 4) is 0 Å². The minimum absolute atomic E-state index is 0.736. The van der Waals surface area contributed by atoms with E-state index >= 15 is 0 Å². The molecule has 0 radical (unpaired) electrons. The highest BCUT2D eigenvalue weighted by molar-refractivity contribution is 7.99. The van der Waals surface area contributed by atoms with Gasteiger partial charge in [-0.05, 0) is 36.4 Å². The third kappa shape index (κ3) is 4.06. The number of methoxy groups -OCH3 is 1. The van der Waals surface area contributed by atoms with Crippen molar-refractivity contribution in [2.24, 2.45) is 7.05 Å². The molecule has 108 valence electrons. The highest BCUT2D eigenvalue weighted by Crippen LogP contribution is 2.26. The lowest BCUT2D eigenvalue weighted by Crippen LogP contribution is -2.18. The topological polar surface area (TPSA) is 52.0 Å². The molecule has 0 bridgehead atoms. The molecular formula is C14H20N4OS. The Bertz CT molecular complexity index is 539. The summed E-state index contributed by atoms with van der Waals surface area (Å²) < 4.78 is 6.99. The largest absolute Gasteiger partial charge is 0.383 e. The van der Waals surface area contributed by atoms with E-state index in [1.807, 2.05) is 18.5 Å². The molecule has 0 unspecified atom stereocenters. The second-order valence-electron chi connectivity index (χ2n) is 4.50. The Morgan fingerprint density at radius 2 is 2.00 bits per heavy atom. The van der Waals surface area contributed by atoms with Crippen LogP contribution in [0, 0.1) is 6.92 Å². The van der Waals surface area contributed by atoms with Gasteiger partial charge in [0.2, 0.25) is 0 Å². The van der Waals surface area contributed by atoms with Gasteiger partial charge in [0.25, 0.3) is 0 Å². The number of aromatic nitrogens is 3. The molecule has 2 rings (SSSR count). The van der Waals surface area contributed by atoms with Crippen molar-refractivity contribution in [1.29, 1.82) is 0 Å². The zero-order valence-corrected chi connectivity index (χ0v) is 12.9. The molecule has 5 nitrogen and oxygen atoms in total. The van der Waals surface area contributed by atoms with Crippen LogP contribution < -0.4 is 5.32 Å². The summed E-state index contributed by atoms with van der Waals surface area (Å²) in [5.74, 6) is 0.923. The van der Waals surface area contributed by atoms with Crippen LogP contribution in [0.5, 0.6) is 0 Å². The van der Waals surface area contributed by atoms with Gasteiger partial charge in [0.1, 0.15) is 5.82 Å². The molecule has 6 heteroatoms. The molecule has 20 heavy (non-hydrogen) atoms. The predicted octanol–water partition coefficient (Wildman–Crippen LogP) is 2.01. The smallest absolute Gasteiger partial charge is 0.195 e. The van der Waals surface area contributed by atoms with Crippen LogP contribution in [-0.2, 0) is 18.3 Å². The number of rotatable bonds is 7. The van der Waals surface area contributed by atoms with Crippen LogP contribution in [0.1, 0.15) is 11.4 Å². The van der Waals surface area contributed by atoms with Crippen LogP contribution in [0.2, 0.25) is 0 Å². The zero-order chi connectivity index (χ0) is 14.4. The molecule has 0 aliphatic carbocycles. The summed E-state index contributed by atoms with van der Waals surface area (Å²) in [5, 5.41) is 12.4. The van der Waals surface area contributed by atoms with Gasteiger partial charge in [0.15, 0.2) is 5.16 Å². The fourth-order valence-corrected chi connectivity index (χ4v) is 2.50. The summed E-state index contributed by atoms with van der Waals surface area (Å²) in [6, 6.07) is 8.49. The monoisotopic (exact) mass is 292 g/mol. The van der Waals surface area contributed by atoms with Gasteiger partial charge in [-0.3, -0.25) is 0 Å². The van der Waals surface area contributed by atoms with Crippen molar-refractivity contribution in [2.75, 3.05) is 20.3 Å². The molecule has 1 N–H and O–H groups in total. The number of ether oxygens (including phenoxy) is 1. The summed E-state index contributed by atoms with van der Waals surface area (Å²) in [7, 11) is 3.69. The number of nitrogens with one attached hydrogen (secondary N) is 1. The van der Waals surface area contributed by atoms with E-state index < -0.39 is 0 Å². The first kappa shape index (κ1) is 15.0. The van der Waals surface area contributed by atoms with Crippen LogP contribution in [-0.4, -0.2) is 35.0 Å². The maximum atomic E-state index is 5.00. The molecular weight excluding hydrogens is 272 g/mol. The molecule has 0 spiro atoms. The Hall–Kier alpha value is -1.37. The lowest BCUT2D eigenvalue weighted by molar-refractivity contribution is 0.199. The molecule has 0 aliphatic heterocycles. The van der Waals surface area contributed by atoms with E-state index in [1.165, 1.54) is 10.5 Å². The molecule has 1 heterocycles. The van der Waals surface area contributed by atoms with Gasteiger partial charge in [0, 0.05) is 32.1 Å². The lowest BCUT2D eigenvalue weighted by Gasteiger charge is -2.06.